The molecule has 0 aromatic heterocycles. The van der Waals surface area contributed by atoms with Crippen LogP contribution in [0.15, 0.2) is 87.2 Å². The SMILES string of the molecule is O=C1/C(=C/c2cc(Br)c(O)cc2O)SC(=Nc2ccccc2)N1c1ccccc1. The van der Waals surface area contributed by atoms with Gasteiger partial charge in [-0.1, -0.05) is 36.4 Å². The fourth-order valence-corrected chi connectivity index (χ4v) is 4.14. The van der Waals surface area contributed by atoms with Crippen molar-refractivity contribution in [3.05, 3.63) is 87.7 Å². The van der Waals surface area contributed by atoms with Crippen molar-refractivity contribution in [3.63, 3.8) is 0 Å². The zero-order valence-electron chi connectivity index (χ0n) is 15.0. The molecule has 0 atom stereocenters. The van der Waals surface area contributed by atoms with E-state index >= 15 is 0 Å². The maximum Gasteiger partial charge on any atom is 0.271 e. The van der Waals surface area contributed by atoms with Gasteiger partial charge in [0.25, 0.3) is 5.91 Å². The van der Waals surface area contributed by atoms with Crippen molar-refractivity contribution in [1.29, 1.82) is 0 Å². The Labute approximate surface area is 180 Å². The molecule has 0 spiro atoms. The molecule has 0 unspecified atom stereocenters. The average molecular weight is 467 g/mol. The first-order valence-corrected chi connectivity index (χ1v) is 10.3. The van der Waals surface area contributed by atoms with Crippen LogP contribution < -0.4 is 4.90 Å². The highest BCUT2D eigenvalue weighted by atomic mass is 79.9. The number of phenols is 2. The Hall–Kier alpha value is -3.03. The Balaban J connectivity index is 1.79. The minimum absolute atomic E-state index is 0.0766. The van der Waals surface area contributed by atoms with Crippen LogP contribution in [0.2, 0.25) is 0 Å². The smallest absolute Gasteiger partial charge is 0.271 e. The second-order valence-corrected chi connectivity index (χ2v) is 8.04. The second kappa shape index (κ2) is 8.14. The van der Waals surface area contributed by atoms with E-state index in [0.29, 0.717) is 25.8 Å². The van der Waals surface area contributed by atoms with Gasteiger partial charge in [0.05, 0.1) is 20.8 Å². The molecule has 4 rings (SSSR count). The van der Waals surface area contributed by atoms with Crippen molar-refractivity contribution in [3.8, 4) is 11.5 Å². The van der Waals surface area contributed by atoms with Crippen molar-refractivity contribution < 1.29 is 15.0 Å². The lowest BCUT2D eigenvalue weighted by molar-refractivity contribution is -0.113. The fraction of sp³-hybridized carbons (Fsp3) is 0. The molecule has 0 aliphatic carbocycles. The maximum atomic E-state index is 13.2. The fourth-order valence-electron chi connectivity index (χ4n) is 2.79. The number of amides is 1. The van der Waals surface area contributed by atoms with E-state index in [1.54, 1.807) is 17.0 Å². The van der Waals surface area contributed by atoms with Crippen molar-refractivity contribution in [2.75, 3.05) is 4.90 Å². The number of rotatable bonds is 3. The summed E-state index contributed by atoms with van der Waals surface area (Å²) in [6.07, 6.45) is 1.59. The van der Waals surface area contributed by atoms with Gasteiger partial charge in [-0.3, -0.25) is 9.69 Å². The van der Waals surface area contributed by atoms with Gasteiger partial charge in [0.2, 0.25) is 0 Å². The second-order valence-electron chi connectivity index (χ2n) is 6.18. The number of carbonyl (C=O) groups excluding carboxylic acids is 1. The number of aliphatic imine (C=N–C) groups is 1. The average Bonchev–Trinajstić information content (AvgIpc) is 3.02. The Morgan fingerprint density at radius 3 is 2.28 bits per heavy atom. The number of nitrogens with zero attached hydrogens (tertiary/aromatic N) is 2. The van der Waals surface area contributed by atoms with Crippen LogP contribution in [0.1, 0.15) is 5.56 Å². The van der Waals surface area contributed by atoms with E-state index in [9.17, 15) is 15.0 Å². The number of hydrogen-bond donors (Lipinski definition) is 2. The van der Waals surface area contributed by atoms with Gasteiger partial charge in [-0.25, -0.2) is 4.99 Å². The van der Waals surface area contributed by atoms with E-state index in [-0.39, 0.29) is 17.4 Å². The Morgan fingerprint density at radius 1 is 0.931 bits per heavy atom. The third-order valence-electron chi connectivity index (χ3n) is 4.18. The van der Waals surface area contributed by atoms with E-state index in [1.165, 1.54) is 17.8 Å². The summed E-state index contributed by atoms with van der Waals surface area (Å²) in [5, 5.41) is 20.4. The van der Waals surface area contributed by atoms with Crippen LogP contribution in [0, 0.1) is 0 Å². The molecule has 1 fully saturated rings. The number of anilines is 1. The summed E-state index contributed by atoms with van der Waals surface area (Å²) in [4.78, 5) is 19.8. The maximum absolute atomic E-state index is 13.2. The number of aromatic hydroxyl groups is 2. The summed E-state index contributed by atoms with van der Waals surface area (Å²) in [5.74, 6) is -0.432. The number of carbonyl (C=O) groups is 1. The Kier molecular flexibility index (Phi) is 5.42. The highest BCUT2D eigenvalue weighted by Crippen LogP contribution is 2.39. The Morgan fingerprint density at radius 2 is 1.59 bits per heavy atom. The molecule has 0 radical (unpaired) electrons. The normalized spacial score (nSPS) is 16.7. The number of para-hydroxylation sites is 2. The third-order valence-corrected chi connectivity index (χ3v) is 5.79. The standard InChI is InChI=1S/C22H15BrN2O3S/c23-17-11-14(18(26)13-19(17)27)12-20-21(28)25(16-9-5-2-6-10-16)22(29-20)24-15-7-3-1-4-8-15/h1-13,26-27H/b20-12-,24-22?. The summed E-state index contributed by atoms with van der Waals surface area (Å²) in [5.41, 5.74) is 1.86. The molecular formula is C22H15BrN2O3S. The topological polar surface area (TPSA) is 73.1 Å². The van der Waals surface area contributed by atoms with Crippen LogP contribution in [0.4, 0.5) is 11.4 Å². The zero-order valence-corrected chi connectivity index (χ0v) is 17.4. The predicted molar refractivity (Wildman–Crippen MR) is 121 cm³/mol. The molecule has 1 amide bonds. The summed E-state index contributed by atoms with van der Waals surface area (Å²) < 4.78 is 0.427. The molecule has 5 nitrogen and oxygen atoms in total. The first-order chi connectivity index (χ1) is 14.0. The van der Waals surface area contributed by atoms with Crippen LogP contribution in [-0.2, 0) is 4.79 Å². The van der Waals surface area contributed by atoms with Gasteiger partial charge in [0.15, 0.2) is 5.17 Å². The van der Waals surface area contributed by atoms with E-state index in [4.69, 9.17) is 0 Å². The lowest BCUT2D eigenvalue weighted by atomic mass is 10.1. The molecule has 2 N–H and O–H groups in total. The molecule has 7 heteroatoms. The summed E-state index contributed by atoms with van der Waals surface area (Å²) in [6, 6.07) is 21.5. The van der Waals surface area contributed by atoms with Gasteiger partial charge in [-0.2, -0.15) is 0 Å². The van der Waals surface area contributed by atoms with E-state index in [1.807, 2.05) is 60.7 Å². The number of amidine groups is 1. The van der Waals surface area contributed by atoms with Crippen LogP contribution in [0.5, 0.6) is 11.5 Å². The van der Waals surface area contributed by atoms with Gasteiger partial charge in [-0.05, 0) is 64.1 Å². The minimum atomic E-state index is -0.237. The van der Waals surface area contributed by atoms with Crippen molar-refractivity contribution in [1.82, 2.24) is 0 Å². The molecule has 0 bridgehead atoms. The summed E-state index contributed by atoms with van der Waals surface area (Å²) >= 11 is 4.46. The minimum Gasteiger partial charge on any atom is -0.507 e. The molecule has 1 saturated heterocycles. The third kappa shape index (κ3) is 4.06. The highest BCUT2D eigenvalue weighted by molar-refractivity contribution is 9.10. The summed E-state index contributed by atoms with van der Waals surface area (Å²) in [7, 11) is 0. The first kappa shape index (κ1) is 19.3. The van der Waals surface area contributed by atoms with Crippen LogP contribution in [0.25, 0.3) is 6.08 Å². The van der Waals surface area contributed by atoms with Gasteiger partial charge < -0.3 is 10.2 Å². The molecular weight excluding hydrogens is 452 g/mol. The van der Waals surface area contributed by atoms with Crippen LogP contribution in [-0.4, -0.2) is 21.3 Å². The number of thioether (sulfide) groups is 1. The monoisotopic (exact) mass is 466 g/mol. The summed E-state index contributed by atoms with van der Waals surface area (Å²) in [6.45, 7) is 0. The van der Waals surface area contributed by atoms with E-state index in [2.05, 4.69) is 20.9 Å². The van der Waals surface area contributed by atoms with Gasteiger partial charge >= 0.3 is 0 Å². The number of phenolic OH excluding ortho intramolecular Hbond substituents is 2. The molecule has 29 heavy (non-hydrogen) atoms. The van der Waals surface area contributed by atoms with Crippen molar-refractivity contribution in [2.45, 2.75) is 0 Å². The van der Waals surface area contributed by atoms with Crippen molar-refractivity contribution in [2.24, 2.45) is 4.99 Å². The lowest BCUT2D eigenvalue weighted by Gasteiger charge is -2.15. The highest BCUT2D eigenvalue weighted by Gasteiger charge is 2.34. The van der Waals surface area contributed by atoms with Crippen molar-refractivity contribution >= 4 is 56.2 Å². The first-order valence-electron chi connectivity index (χ1n) is 8.67. The molecule has 144 valence electrons. The lowest BCUT2D eigenvalue weighted by Crippen LogP contribution is -2.28. The number of benzene rings is 3. The van der Waals surface area contributed by atoms with Crippen LogP contribution >= 0.6 is 27.7 Å². The molecule has 1 aliphatic heterocycles. The quantitative estimate of drug-likeness (QED) is 0.487. The van der Waals surface area contributed by atoms with Gasteiger partial charge in [0.1, 0.15) is 11.5 Å². The Bertz CT molecular complexity index is 1130. The van der Waals surface area contributed by atoms with E-state index < -0.39 is 0 Å². The number of halogens is 1. The molecule has 1 heterocycles. The zero-order chi connectivity index (χ0) is 20.4. The number of hydrogen-bond acceptors (Lipinski definition) is 5. The van der Waals surface area contributed by atoms with Gasteiger partial charge in [-0.15, -0.1) is 0 Å². The molecule has 3 aromatic rings. The molecule has 0 saturated carbocycles. The molecule has 1 aliphatic rings. The predicted octanol–water partition coefficient (Wildman–Crippen LogP) is 5.67. The molecule has 3 aromatic carbocycles. The van der Waals surface area contributed by atoms with Crippen LogP contribution in [0.3, 0.4) is 0 Å². The van der Waals surface area contributed by atoms with Gasteiger partial charge in [0, 0.05) is 11.6 Å². The van der Waals surface area contributed by atoms with E-state index in [0.717, 1.165) is 5.69 Å². The largest absolute Gasteiger partial charge is 0.507 e.